The first-order valence-electron chi connectivity index (χ1n) is 7.98. The molecule has 5 heteroatoms. The van der Waals surface area contributed by atoms with Crippen LogP contribution in [0.1, 0.15) is 12.8 Å². The number of hydrogen-bond acceptors (Lipinski definition) is 5. The molecular formula is C16H28N4O. The maximum atomic E-state index is 5.01. The minimum Gasteiger partial charge on any atom is -0.383 e. The Hall–Kier alpha value is -1.17. The SMILES string of the molecule is COCCNCCCCN1CCN(c2ccccn2)CC1. The number of unbranched alkanes of at least 4 members (excludes halogenated alkanes) is 1. The van der Waals surface area contributed by atoms with E-state index in [0.29, 0.717) is 0 Å². The van der Waals surface area contributed by atoms with Crippen LogP contribution in [0.2, 0.25) is 0 Å². The topological polar surface area (TPSA) is 40.6 Å². The standard InChI is InChI=1S/C16H28N4O/c1-21-15-9-17-7-4-5-10-19-11-13-20(14-12-19)16-6-2-3-8-18-16/h2-3,6,8,17H,4-5,7,9-15H2,1H3. The van der Waals surface area contributed by atoms with Gasteiger partial charge < -0.3 is 15.0 Å². The molecule has 1 saturated heterocycles. The van der Waals surface area contributed by atoms with Crippen molar-refractivity contribution >= 4 is 5.82 Å². The van der Waals surface area contributed by atoms with Gasteiger partial charge in [-0.2, -0.15) is 0 Å². The van der Waals surface area contributed by atoms with Crippen LogP contribution in [0.5, 0.6) is 0 Å². The van der Waals surface area contributed by atoms with E-state index in [0.717, 1.165) is 51.7 Å². The zero-order valence-electron chi connectivity index (χ0n) is 13.1. The van der Waals surface area contributed by atoms with Crippen molar-refractivity contribution in [2.24, 2.45) is 0 Å². The van der Waals surface area contributed by atoms with Crippen LogP contribution in [-0.2, 0) is 4.74 Å². The van der Waals surface area contributed by atoms with Crippen LogP contribution >= 0.6 is 0 Å². The van der Waals surface area contributed by atoms with Crippen LogP contribution in [0.25, 0.3) is 0 Å². The predicted molar refractivity (Wildman–Crippen MR) is 86.9 cm³/mol. The summed E-state index contributed by atoms with van der Waals surface area (Å²) in [4.78, 5) is 9.37. The zero-order chi connectivity index (χ0) is 14.8. The third-order valence-electron chi connectivity index (χ3n) is 3.91. The van der Waals surface area contributed by atoms with E-state index < -0.39 is 0 Å². The number of hydrogen-bond donors (Lipinski definition) is 1. The summed E-state index contributed by atoms with van der Waals surface area (Å²) in [6.45, 7) is 8.53. The molecular weight excluding hydrogens is 264 g/mol. The lowest BCUT2D eigenvalue weighted by atomic mass is 10.2. The molecule has 0 amide bonds. The molecule has 0 aromatic carbocycles. The second-order valence-electron chi connectivity index (χ2n) is 5.47. The average Bonchev–Trinajstić information content (AvgIpc) is 2.55. The molecule has 21 heavy (non-hydrogen) atoms. The molecule has 118 valence electrons. The molecule has 5 nitrogen and oxygen atoms in total. The maximum Gasteiger partial charge on any atom is 0.128 e. The number of ether oxygens (including phenoxy) is 1. The van der Waals surface area contributed by atoms with Crippen molar-refractivity contribution in [3.05, 3.63) is 24.4 Å². The van der Waals surface area contributed by atoms with Crippen molar-refractivity contribution in [2.75, 3.05) is 64.4 Å². The minimum absolute atomic E-state index is 0.801. The summed E-state index contributed by atoms with van der Waals surface area (Å²) in [6, 6.07) is 6.13. The number of nitrogens with zero attached hydrogens (tertiary/aromatic N) is 3. The Bertz CT molecular complexity index is 366. The predicted octanol–water partition coefficient (Wildman–Crippen LogP) is 1.22. The summed E-state index contributed by atoms with van der Waals surface area (Å²) in [5.41, 5.74) is 0. The molecule has 0 radical (unpaired) electrons. The van der Waals surface area contributed by atoms with E-state index in [-0.39, 0.29) is 0 Å². The Morgan fingerprint density at radius 2 is 2.00 bits per heavy atom. The molecule has 2 rings (SSSR count). The van der Waals surface area contributed by atoms with Gasteiger partial charge in [-0.3, -0.25) is 4.90 Å². The molecule has 1 aliphatic rings. The third-order valence-corrected chi connectivity index (χ3v) is 3.91. The molecule has 0 aliphatic carbocycles. The van der Waals surface area contributed by atoms with Gasteiger partial charge in [0.1, 0.15) is 5.82 Å². The van der Waals surface area contributed by atoms with Gasteiger partial charge in [0.05, 0.1) is 6.61 Å². The molecule has 2 heterocycles. The molecule has 0 bridgehead atoms. The molecule has 0 atom stereocenters. The maximum absolute atomic E-state index is 5.01. The van der Waals surface area contributed by atoms with Gasteiger partial charge in [-0.15, -0.1) is 0 Å². The first-order chi connectivity index (χ1) is 10.4. The molecule has 0 saturated carbocycles. The van der Waals surface area contributed by atoms with E-state index >= 15 is 0 Å². The van der Waals surface area contributed by atoms with Gasteiger partial charge in [0.25, 0.3) is 0 Å². The summed E-state index contributed by atoms with van der Waals surface area (Å²) in [7, 11) is 1.74. The fourth-order valence-electron chi connectivity index (χ4n) is 2.63. The van der Waals surface area contributed by atoms with Crippen LogP contribution in [0.3, 0.4) is 0 Å². The highest BCUT2D eigenvalue weighted by molar-refractivity contribution is 5.38. The third kappa shape index (κ3) is 5.99. The van der Waals surface area contributed by atoms with Crippen molar-refractivity contribution < 1.29 is 4.74 Å². The number of nitrogens with one attached hydrogen (secondary N) is 1. The molecule has 0 spiro atoms. The van der Waals surface area contributed by atoms with E-state index in [1.165, 1.54) is 19.4 Å². The first kappa shape index (κ1) is 16.2. The Morgan fingerprint density at radius 1 is 1.14 bits per heavy atom. The van der Waals surface area contributed by atoms with Gasteiger partial charge in [-0.25, -0.2) is 4.98 Å². The second kappa shape index (κ2) is 9.71. The van der Waals surface area contributed by atoms with Gasteiger partial charge in [0.2, 0.25) is 0 Å². The average molecular weight is 292 g/mol. The highest BCUT2D eigenvalue weighted by Crippen LogP contribution is 2.12. The van der Waals surface area contributed by atoms with Gasteiger partial charge in [-0.05, 0) is 38.1 Å². The Balaban J connectivity index is 1.53. The summed E-state index contributed by atoms with van der Waals surface area (Å²) in [5, 5.41) is 3.39. The molecule has 1 N–H and O–H groups in total. The fourth-order valence-corrected chi connectivity index (χ4v) is 2.63. The number of pyridine rings is 1. The molecule has 1 fully saturated rings. The summed E-state index contributed by atoms with van der Waals surface area (Å²) >= 11 is 0. The molecule has 1 aromatic rings. The van der Waals surface area contributed by atoms with Crippen LogP contribution in [0.4, 0.5) is 5.82 Å². The van der Waals surface area contributed by atoms with Crippen molar-refractivity contribution in [1.29, 1.82) is 0 Å². The monoisotopic (exact) mass is 292 g/mol. The molecule has 0 unspecified atom stereocenters. The summed E-state index contributed by atoms with van der Waals surface area (Å²) in [5.74, 6) is 1.11. The van der Waals surface area contributed by atoms with E-state index in [1.54, 1.807) is 7.11 Å². The van der Waals surface area contributed by atoms with Crippen molar-refractivity contribution in [3.8, 4) is 0 Å². The fraction of sp³-hybridized carbons (Fsp3) is 0.688. The van der Waals surface area contributed by atoms with Gasteiger partial charge >= 0.3 is 0 Å². The van der Waals surface area contributed by atoms with Crippen molar-refractivity contribution in [1.82, 2.24) is 15.2 Å². The van der Waals surface area contributed by atoms with E-state index in [2.05, 4.69) is 32.2 Å². The molecule has 1 aliphatic heterocycles. The number of methoxy groups -OCH3 is 1. The number of piperazine rings is 1. The molecule has 1 aromatic heterocycles. The van der Waals surface area contributed by atoms with E-state index in [4.69, 9.17) is 4.74 Å². The van der Waals surface area contributed by atoms with E-state index in [9.17, 15) is 0 Å². The van der Waals surface area contributed by atoms with Gasteiger partial charge in [-0.1, -0.05) is 6.07 Å². The lowest BCUT2D eigenvalue weighted by Crippen LogP contribution is -2.47. The number of anilines is 1. The second-order valence-corrected chi connectivity index (χ2v) is 5.47. The van der Waals surface area contributed by atoms with Crippen LogP contribution in [0.15, 0.2) is 24.4 Å². The quantitative estimate of drug-likeness (QED) is 0.693. The largest absolute Gasteiger partial charge is 0.383 e. The van der Waals surface area contributed by atoms with Crippen LogP contribution in [0, 0.1) is 0 Å². The smallest absolute Gasteiger partial charge is 0.128 e. The highest BCUT2D eigenvalue weighted by atomic mass is 16.5. The number of aromatic nitrogens is 1. The van der Waals surface area contributed by atoms with Gasteiger partial charge in [0.15, 0.2) is 0 Å². The summed E-state index contributed by atoms with van der Waals surface area (Å²) < 4.78 is 5.01. The Kier molecular flexibility index (Phi) is 7.49. The van der Waals surface area contributed by atoms with E-state index in [1.807, 2.05) is 12.3 Å². The van der Waals surface area contributed by atoms with Crippen LogP contribution in [-0.4, -0.2) is 69.4 Å². The Morgan fingerprint density at radius 3 is 2.71 bits per heavy atom. The van der Waals surface area contributed by atoms with Gasteiger partial charge in [0, 0.05) is 46.0 Å². The van der Waals surface area contributed by atoms with Crippen LogP contribution < -0.4 is 10.2 Å². The zero-order valence-corrected chi connectivity index (χ0v) is 13.1. The Labute approximate surface area is 128 Å². The number of rotatable bonds is 9. The lowest BCUT2D eigenvalue weighted by molar-refractivity contribution is 0.199. The minimum atomic E-state index is 0.801. The summed E-state index contributed by atoms with van der Waals surface area (Å²) in [6.07, 6.45) is 4.38. The lowest BCUT2D eigenvalue weighted by Gasteiger charge is -2.35. The first-order valence-corrected chi connectivity index (χ1v) is 7.98. The normalized spacial score (nSPS) is 16.3. The van der Waals surface area contributed by atoms with Crippen molar-refractivity contribution in [2.45, 2.75) is 12.8 Å². The highest BCUT2D eigenvalue weighted by Gasteiger charge is 2.16. The van der Waals surface area contributed by atoms with Crippen molar-refractivity contribution in [3.63, 3.8) is 0 Å².